The lowest BCUT2D eigenvalue weighted by Crippen LogP contribution is -2.51. The molecule has 4 nitrogen and oxygen atoms in total. The molecule has 0 saturated heterocycles. The van der Waals surface area contributed by atoms with Gasteiger partial charge in [-0.25, -0.2) is 4.39 Å². The molecule has 0 aromatic heterocycles. The van der Waals surface area contributed by atoms with Crippen LogP contribution in [0.3, 0.4) is 0 Å². The van der Waals surface area contributed by atoms with Gasteiger partial charge in [-0.3, -0.25) is 4.79 Å². The molecule has 1 rings (SSSR count). The zero-order valence-corrected chi connectivity index (χ0v) is 18.2. The third-order valence-corrected chi connectivity index (χ3v) is 7.24. The largest absolute Gasteiger partial charge is 0.598 e. The number of rotatable bonds is 5. The Labute approximate surface area is 161 Å². The minimum atomic E-state index is -1.49. The van der Waals surface area contributed by atoms with Crippen molar-refractivity contribution in [2.24, 2.45) is 0 Å². The molecule has 0 saturated carbocycles. The lowest BCUT2D eigenvalue weighted by molar-refractivity contribution is -0.142. The number of benzene rings is 1. The molecule has 0 aliphatic carbocycles. The van der Waals surface area contributed by atoms with E-state index in [1.165, 1.54) is 13.2 Å². The van der Waals surface area contributed by atoms with E-state index < -0.39 is 33.4 Å². The summed E-state index contributed by atoms with van der Waals surface area (Å²) in [6, 6.07) is 2.98. The van der Waals surface area contributed by atoms with Gasteiger partial charge in [0.1, 0.15) is 10.6 Å². The molecule has 0 heterocycles. The van der Waals surface area contributed by atoms with Crippen LogP contribution >= 0.6 is 38.5 Å². The van der Waals surface area contributed by atoms with Gasteiger partial charge in [0, 0.05) is 25.0 Å². The number of ether oxygens (including phenoxy) is 1. The zero-order chi connectivity index (χ0) is 18.0. The van der Waals surface area contributed by atoms with Crippen molar-refractivity contribution in [1.82, 2.24) is 4.72 Å². The average molecular weight is 520 g/mol. The monoisotopic (exact) mass is 519 g/mol. The summed E-state index contributed by atoms with van der Waals surface area (Å²) in [6.45, 7) is 7.05. The Morgan fingerprint density at radius 2 is 2.00 bits per heavy atom. The summed E-state index contributed by atoms with van der Waals surface area (Å²) < 4.78 is 35.5. The fourth-order valence-electron chi connectivity index (χ4n) is 1.85. The topological polar surface area (TPSA) is 61.4 Å². The first kappa shape index (κ1) is 21.1. The summed E-state index contributed by atoms with van der Waals surface area (Å²) in [5, 5.41) is 0. The highest BCUT2D eigenvalue weighted by Crippen LogP contribution is 2.34. The highest BCUT2D eigenvalue weighted by Gasteiger charge is 2.41. The predicted molar refractivity (Wildman–Crippen MR) is 102 cm³/mol. The minimum absolute atomic E-state index is 0.144. The molecule has 1 aromatic rings. The van der Waals surface area contributed by atoms with Gasteiger partial charge in [0.05, 0.1) is 19.1 Å². The Bertz CT molecular complexity index is 597. The fraction of sp³-hybridized carbons (Fsp3) is 0.533. The normalized spacial score (nSPS) is 15.9. The molecule has 0 bridgehead atoms. The van der Waals surface area contributed by atoms with Crippen LogP contribution in [0.4, 0.5) is 4.39 Å². The van der Waals surface area contributed by atoms with Crippen molar-refractivity contribution in [3.8, 4) is 0 Å². The summed E-state index contributed by atoms with van der Waals surface area (Å²) in [6.07, 6.45) is -0.144. The van der Waals surface area contributed by atoms with Crippen LogP contribution < -0.4 is 4.72 Å². The van der Waals surface area contributed by atoms with E-state index in [-0.39, 0.29) is 12.0 Å². The van der Waals surface area contributed by atoms with Crippen LogP contribution in [0.25, 0.3) is 0 Å². The minimum Gasteiger partial charge on any atom is -0.598 e. The van der Waals surface area contributed by atoms with Crippen LogP contribution in [0.1, 0.15) is 39.7 Å². The summed E-state index contributed by atoms with van der Waals surface area (Å²) in [4.78, 5) is 11.8. The van der Waals surface area contributed by atoms with Crippen LogP contribution in [-0.2, 0) is 26.4 Å². The Balaban J connectivity index is 3.34. The first-order chi connectivity index (χ1) is 10.4. The maximum Gasteiger partial charge on any atom is 0.307 e. The summed E-state index contributed by atoms with van der Waals surface area (Å²) >= 11 is 3.89. The summed E-state index contributed by atoms with van der Waals surface area (Å²) in [5.41, 5.74) is -0.907. The fourth-order valence-corrected chi connectivity index (χ4v) is 3.52. The van der Waals surface area contributed by atoms with E-state index in [0.29, 0.717) is 8.04 Å². The van der Waals surface area contributed by atoms with Crippen molar-refractivity contribution in [1.29, 1.82) is 0 Å². The Morgan fingerprint density at radius 1 is 1.43 bits per heavy atom. The van der Waals surface area contributed by atoms with E-state index in [1.54, 1.807) is 33.8 Å². The lowest BCUT2D eigenvalue weighted by Gasteiger charge is -2.35. The molecule has 0 spiro atoms. The SMILES string of the molecule is COC(=O)CC(C)(N[S+]([O-])C(C)(C)C)c1cc(Br)c(I)cc1F. The van der Waals surface area contributed by atoms with Crippen molar-refractivity contribution in [2.75, 3.05) is 7.11 Å². The molecule has 1 aromatic carbocycles. The number of hydrogen-bond donors (Lipinski definition) is 1. The molecule has 0 amide bonds. The van der Waals surface area contributed by atoms with Gasteiger partial charge < -0.3 is 9.29 Å². The van der Waals surface area contributed by atoms with Crippen LogP contribution in [0.2, 0.25) is 0 Å². The summed E-state index contributed by atoms with van der Waals surface area (Å²) in [7, 11) is 1.27. The summed E-state index contributed by atoms with van der Waals surface area (Å²) in [5.74, 6) is -0.984. The van der Waals surface area contributed by atoms with Gasteiger partial charge in [-0.15, -0.1) is 4.72 Å². The van der Waals surface area contributed by atoms with Gasteiger partial charge in [0.15, 0.2) is 0 Å². The molecule has 130 valence electrons. The van der Waals surface area contributed by atoms with E-state index in [4.69, 9.17) is 4.74 Å². The van der Waals surface area contributed by atoms with E-state index in [1.807, 2.05) is 22.6 Å². The van der Waals surface area contributed by atoms with Gasteiger partial charge in [0.2, 0.25) is 0 Å². The van der Waals surface area contributed by atoms with Crippen LogP contribution in [0, 0.1) is 9.39 Å². The Morgan fingerprint density at radius 3 is 2.48 bits per heavy atom. The lowest BCUT2D eigenvalue weighted by atomic mass is 9.89. The number of esters is 1. The van der Waals surface area contributed by atoms with Gasteiger partial charge in [-0.2, -0.15) is 0 Å². The van der Waals surface area contributed by atoms with Gasteiger partial charge >= 0.3 is 5.97 Å². The second-order valence-corrected chi connectivity index (χ2v) is 10.3. The molecule has 23 heavy (non-hydrogen) atoms. The van der Waals surface area contributed by atoms with Gasteiger partial charge in [-0.05, 0) is 78.3 Å². The van der Waals surface area contributed by atoms with Crippen molar-refractivity contribution in [3.05, 3.63) is 31.6 Å². The molecular formula is C15H20BrFINO3S. The first-order valence-corrected chi connectivity index (χ1v) is 9.84. The van der Waals surface area contributed by atoms with E-state index in [0.717, 1.165) is 0 Å². The highest BCUT2D eigenvalue weighted by molar-refractivity contribution is 14.1. The van der Waals surface area contributed by atoms with E-state index in [9.17, 15) is 13.7 Å². The molecule has 8 heteroatoms. The number of methoxy groups -OCH3 is 1. The van der Waals surface area contributed by atoms with Crippen molar-refractivity contribution < 1.29 is 18.5 Å². The van der Waals surface area contributed by atoms with Crippen LogP contribution in [-0.4, -0.2) is 22.4 Å². The molecular weight excluding hydrogens is 500 g/mol. The molecule has 0 aliphatic heterocycles. The predicted octanol–water partition coefficient (Wildman–Crippen LogP) is 4.02. The number of nitrogens with one attached hydrogen (secondary N) is 1. The third kappa shape index (κ3) is 5.55. The third-order valence-electron chi connectivity index (χ3n) is 3.20. The van der Waals surface area contributed by atoms with Crippen LogP contribution in [0.5, 0.6) is 0 Å². The standard InChI is InChI=1S/C15H20BrFINO3S/c1-14(2,3)23(21)19-15(4,8-13(20)22-5)9-6-10(16)12(18)7-11(9)17/h6-7,19H,8H2,1-5H3. The highest BCUT2D eigenvalue weighted by atomic mass is 127. The maximum absolute atomic E-state index is 14.5. The van der Waals surface area contributed by atoms with Crippen molar-refractivity contribution >= 4 is 55.9 Å². The van der Waals surface area contributed by atoms with Gasteiger partial charge in [-0.1, -0.05) is 0 Å². The maximum atomic E-state index is 14.5. The quantitative estimate of drug-likeness (QED) is 0.276. The Hall–Kier alpha value is 0.1000. The first-order valence-electron chi connectivity index (χ1n) is 6.82. The molecule has 0 fully saturated rings. The Kier molecular flexibility index (Phi) is 7.34. The molecule has 1 N–H and O–H groups in total. The number of hydrogen-bond acceptors (Lipinski definition) is 4. The number of carbonyl (C=O) groups is 1. The van der Waals surface area contributed by atoms with Crippen molar-refractivity contribution in [3.63, 3.8) is 0 Å². The van der Waals surface area contributed by atoms with E-state index >= 15 is 0 Å². The second kappa shape index (κ2) is 7.99. The molecule has 0 radical (unpaired) electrons. The van der Waals surface area contributed by atoms with Crippen molar-refractivity contribution in [2.45, 2.75) is 44.4 Å². The molecule has 2 atom stereocenters. The van der Waals surface area contributed by atoms with Crippen LogP contribution in [0.15, 0.2) is 16.6 Å². The molecule has 0 aliphatic rings. The number of carbonyl (C=O) groups excluding carboxylic acids is 1. The number of halogens is 3. The zero-order valence-electron chi connectivity index (χ0n) is 13.6. The smallest absolute Gasteiger partial charge is 0.307 e. The molecule has 2 unspecified atom stereocenters. The van der Waals surface area contributed by atoms with E-state index in [2.05, 4.69) is 20.7 Å². The second-order valence-electron chi connectivity index (χ2n) is 6.31. The van der Waals surface area contributed by atoms with Gasteiger partial charge in [0.25, 0.3) is 0 Å². The average Bonchev–Trinajstić information content (AvgIpc) is 2.41.